The number of imide groups is 2. The van der Waals surface area contributed by atoms with Crippen molar-refractivity contribution in [2.75, 3.05) is 14.1 Å². The first kappa shape index (κ1) is 10.3. The lowest BCUT2D eigenvalue weighted by Gasteiger charge is -2.33. The lowest BCUT2D eigenvalue weighted by atomic mass is 10.2. The van der Waals surface area contributed by atoms with Gasteiger partial charge in [0.1, 0.15) is 0 Å². The van der Waals surface area contributed by atoms with Crippen molar-refractivity contribution in [3.8, 4) is 0 Å². The smallest absolute Gasteiger partial charge is 0.317 e. The molecule has 0 saturated carbocycles. The number of likely N-dealkylation sites (N-methyl/N-ethyl adjacent to an activating group) is 2. The molecule has 0 N–H and O–H groups in total. The Hall–Kier alpha value is -2.18. The van der Waals surface area contributed by atoms with E-state index in [0.29, 0.717) is 0 Å². The van der Waals surface area contributed by atoms with E-state index in [-0.39, 0.29) is 0 Å². The van der Waals surface area contributed by atoms with Gasteiger partial charge in [-0.2, -0.15) is 0 Å². The molecular weight excluding hydrogens is 212 g/mol. The van der Waals surface area contributed by atoms with Gasteiger partial charge in [-0.25, -0.2) is 9.78 Å². The highest BCUT2D eigenvalue weighted by atomic mass is 16.2. The number of amides is 4. The van der Waals surface area contributed by atoms with E-state index in [1.54, 1.807) is 0 Å². The van der Waals surface area contributed by atoms with Gasteiger partial charge in [-0.1, -0.05) is 0 Å². The third kappa shape index (κ3) is 1.28. The van der Waals surface area contributed by atoms with E-state index in [9.17, 15) is 14.4 Å². The summed E-state index contributed by atoms with van der Waals surface area (Å²) in [4.78, 5) is 40.7. The average molecular weight is 222 g/mol. The van der Waals surface area contributed by atoms with Crippen LogP contribution in [0.2, 0.25) is 0 Å². The Balaban J connectivity index is 2.42. The summed E-state index contributed by atoms with van der Waals surface area (Å²) in [6.07, 6.45) is 4.35. The van der Waals surface area contributed by atoms with Crippen molar-refractivity contribution in [2.45, 2.75) is 6.04 Å². The van der Waals surface area contributed by atoms with Crippen LogP contribution in [0.3, 0.4) is 0 Å². The maximum Gasteiger partial charge on any atom is 0.332 e. The molecule has 1 fully saturated rings. The van der Waals surface area contributed by atoms with Gasteiger partial charge in [-0.15, -0.1) is 0 Å². The second-order valence-corrected chi connectivity index (χ2v) is 3.49. The van der Waals surface area contributed by atoms with Gasteiger partial charge < -0.3 is 4.57 Å². The van der Waals surface area contributed by atoms with E-state index < -0.39 is 23.9 Å². The molecule has 1 aromatic heterocycles. The van der Waals surface area contributed by atoms with Gasteiger partial charge in [0.05, 0.1) is 6.33 Å². The number of aromatic nitrogens is 2. The van der Waals surface area contributed by atoms with Crippen LogP contribution in [0.1, 0.15) is 6.04 Å². The molecule has 0 spiro atoms. The third-order valence-corrected chi connectivity index (χ3v) is 2.53. The molecule has 0 bridgehead atoms. The lowest BCUT2D eigenvalue weighted by Crippen LogP contribution is -2.57. The Bertz CT molecular complexity index is 429. The number of urea groups is 1. The minimum Gasteiger partial charge on any atom is -0.317 e. The summed E-state index contributed by atoms with van der Waals surface area (Å²) in [6.45, 7) is 0. The largest absolute Gasteiger partial charge is 0.332 e. The van der Waals surface area contributed by atoms with E-state index >= 15 is 0 Å². The summed E-state index contributed by atoms with van der Waals surface area (Å²) in [5.41, 5.74) is 0. The van der Waals surface area contributed by atoms with Crippen molar-refractivity contribution in [1.82, 2.24) is 19.4 Å². The van der Waals surface area contributed by atoms with E-state index in [1.165, 1.54) is 37.4 Å². The fourth-order valence-corrected chi connectivity index (χ4v) is 1.56. The Labute approximate surface area is 91.3 Å². The van der Waals surface area contributed by atoms with E-state index in [1.807, 2.05) is 0 Å². The van der Waals surface area contributed by atoms with Crippen molar-refractivity contribution in [3.05, 3.63) is 18.7 Å². The Morgan fingerprint density at radius 2 is 1.69 bits per heavy atom. The molecule has 2 rings (SSSR count). The van der Waals surface area contributed by atoms with E-state index in [0.717, 1.165) is 9.80 Å². The number of imidazole rings is 1. The molecule has 0 aliphatic carbocycles. The fourth-order valence-electron chi connectivity index (χ4n) is 1.56. The van der Waals surface area contributed by atoms with Crippen LogP contribution in [0.5, 0.6) is 0 Å². The van der Waals surface area contributed by atoms with Crippen molar-refractivity contribution >= 4 is 17.8 Å². The van der Waals surface area contributed by atoms with Gasteiger partial charge in [-0.3, -0.25) is 19.4 Å². The molecule has 0 radical (unpaired) electrons. The number of hydrogen-bond acceptors (Lipinski definition) is 4. The molecule has 16 heavy (non-hydrogen) atoms. The number of rotatable bonds is 1. The predicted molar refractivity (Wildman–Crippen MR) is 52.2 cm³/mol. The van der Waals surface area contributed by atoms with Crippen LogP contribution >= 0.6 is 0 Å². The van der Waals surface area contributed by atoms with E-state index in [4.69, 9.17) is 0 Å². The highest BCUT2D eigenvalue weighted by Crippen LogP contribution is 2.19. The van der Waals surface area contributed by atoms with Gasteiger partial charge in [0.15, 0.2) is 6.04 Å². The van der Waals surface area contributed by atoms with Gasteiger partial charge in [0, 0.05) is 26.5 Å². The molecule has 1 aliphatic heterocycles. The first-order valence-electron chi connectivity index (χ1n) is 4.60. The average Bonchev–Trinajstić information content (AvgIpc) is 2.77. The highest BCUT2D eigenvalue weighted by molar-refractivity contribution is 6.17. The number of hydrogen-bond donors (Lipinski definition) is 0. The maximum atomic E-state index is 11.8. The van der Waals surface area contributed by atoms with Gasteiger partial charge in [0.25, 0.3) is 11.8 Å². The first-order chi connectivity index (χ1) is 7.54. The maximum absolute atomic E-state index is 11.8. The number of nitrogens with zero attached hydrogens (tertiary/aromatic N) is 4. The fraction of sp³-hybridized carbons (Fsp3) is 0.333. The summed E-state index contributed by atoms with van der Waals surface area (Å²) >= 11 is 0. The molecule has 0 atom stereocenters. The summed E-state index contributed by atoms with van der Waals surface area (Å²) in [7, 11) is 2.69. The third-order valence-electron chi connectivity index (χ3n) is 2.53. The summed E-state index contributed by atoms with van der Waals surface area (Å²) in [5.74, 6) is -1.10. The molecule has 84 valence electrons. The molecule has 7 heteroatoms. The molecule has 2 heterocycles. The zero-order chi connectivity index (χ0) is 11.9. The highest BCUT2D eigenvalue weighted by Gasteiger charge is 2.43. The summed E-state index contributed by atoms with van der Waals surface area (Å²) in [5, 5.41) is 0. The van der Waals surface area contributed by atoms with E-state index in [2.05, 4.69) is 4.98 Å². The second kappa shape index (κ2) is 3.44. The quantitative estimate of drug-likeness (QED) is 0.599. The first-order valence-corrected chi connectivity index (χ1v) is 4.60. The van der Waals surface area contributed by atoms with Crippen molar-refractivity contribution in [2.24, 2.45) is 0 Å². The Morgan fingerprint density at radius 1 is 1.12 bits per heavy atom. The van der Waals surface area contributed by atoms with Gasteiger partial charge in [-0.05, 0) is 0 Å². The number of barbiturate groups is 1. The van der Waals surface area contributed by atoms with Crippen LogP contribution < -0.4 is 0 Å². The molecule has 1 aromatic rings. The Morgan fingerprint density at radius 3 is 2.12 bits per heavy atom. The number of carbonyl (C=O) groups excluding carboxylic acids is 3. The molecule has 4 amide bonds. The normalized spacial score (nSPS) is 18.5. The zero-order valence-electron chi connectivity index (χ0n) is 8.82. The van der Waals surface area contributed by atoms with Crippen molar-refractivity contribution < 1.29 is 14.4 Å². The SMILES string of the molecule is CN1C(=O)C(n2ccnc2)C(=O)N(C)C1=O. The molecule has 1 saturated heterocycles. The second-order valence-electron chi connectivity index (χ2n) is 3.49. The Kier molecular flexibility index (Phi) is 2.22. The summed E-state index contributed by atoms with van der Waals surface area (Å²) in [6, 6.07) is -1.65. The van der Waals surface area contributed by atoms with Crippen molar-refractivity contribution in [3.63, 3.8) is 0 Å². The van der Waals surface area contributed by atoms with Gasteiger partial charge >= 0.3 is 6.03 Å². The topological polar surface area (TPSA) is 75.5 Å². The van der Waals surface area contributed by atoms with Gasteiger partial charge in [0.2, 0.25) is 0 Å². The van der Waals surface area contributed by atoms with Crippen LogP contribution in [-0.2, 0) is 9.59 Å². The van der Waals surface area contributed by atoms with Crippen LogP contribution in [-0.4, -0.2) is 51.3 Å². The monoisotopic (exact) mass is 222 g/mol. The van der Waals surface area contributed by atoms with Crippen molar-refractivity contribution in [1.29, 1.82) is 0 Å². The van der Waals surface area contributed by atoms with Crippen LogP contribution in [0.4, 0.5) is 4.79 Å². The van der Waals surface area contributed by atoms with Crippen LogP contribution in [0.25, 0.3) is 0 Å². The molecule has 0 aromatic carbocycles. The standard InChI is InChI=1S/C9H10N4O3/c1-11-7(14)6(13-4-3-10-5-13)8(15)12(2)9(11)16/h3-6H,1-2H3. The minimum absolute atomic E-state index is 0.550. The van der Waals surface area contributed by atoms with Crippen LogP contribution in [0.15, 0.2) is 18.7 Å². The van der Waals surface area contributed by atoms with Crippen LogP contribution in [0, 0.1) is 0 Å². The predicted octanol–water partition coefficient (Wildman–Crippen LogP) is -0.525. The summed E-state index contributed by atoms with van der Waals surface area (Å²) < 4.78 is 1.38. The minimum atomic E-state index is -1.03. The number of carbonyl (C=O) groups is 3. The lowest BCUT2D eigenvalue weighted by molar-refractivity contribution is -0.146. The zero-order valence-corrected chi connectivity index (χ0v) is 8.82. The molecule has 7 nitrogen and oxygen atoms in total. The molecule has 1 aliphatic rings. The molecular formula is C9H10N4O3. The molecule has 0 unspecified atom stereocenters.